The Morgan fingerprint density at radius 3 is 2.58 bits per heavy atom. The molecular formula is C21H18N4O. The highest BCUT2D eigenvalue weighted by atomic mass is 16.1. The third-order valence-corrected chi connectivity index (χ3v) is 3.89. The summed E-state index contributed by atoms with van der Waals surface area (Å²) >= 11 is 0. The fourth-order valence-electron chi connectivity index (χ4n) is 2.48. The quantitative estimate of drug-likeness (QED) is 0.715. The lowest BCUT2D eigenvalue weighted by Crippen LogP contribution is -2.13. The summed E-state index contributed by atoms with van der Waals surface area (Å²) in [7, 11) is 0. The zero-order valence-corrected chi connectivity index (χ0v) is 14.4. The van der Waals surface area contributed by atoms with Gasteiger partial charge in [0.2, 0.25) is 0 Å². The van der Waals surface area contributed by atoms with E-state index in [0.717, 1.165) is 17.8 Å². The lowest BCUT2D eigenvalue weighted by atomic mass is 10.1. The van der Waals surface area contributed by atoms with Crippen LogP contribution in [-0.2, 0) is 6.42 Å². The molecule has 0 saturated carbocycles. The molecule has 1 amide bonds. The summed E-state index contributed by atoms with van der Waals surface area (Å²) in [5, 5.41) is 15.0. The van der Waals surface area contributed by atoms with E-state index in [4.69, 9.17) is 5.26 Å². The molecule has 1 aromatic heterocycles. The number of aryl methyl sites for hydroxylation is 1. The fourth-order valence-corrected chi connectivity index (χ4v) is 2.48. The lowest BCUT2D eigenvalue weighted by molar-refractivity contribution is 0.102. The van der Waals surface area contributed by atoms with Gasteiger partial charge in [-0.25, -0.2) is 0 Å². The van der Waals surface area contributed by atoms with Crippen molar-refractivity contribution in [2.45, 2.75) is 13.3 Å². The number of nitrogens with one attached hydrogen (secondary N) is 2. The van der Waals surface area contributed by atoms with Gasteiger partial charge in [-0.1, -0.05) is 25.1 Å². The second kappa shape index (κ2) is 7.95. The number of nitriles is 1. The zero-order chi connectivity index (χ0) is 18.4. The molecule has 0 aliphatic carbocycles. The first kappa shape index (κ1) is 17.2. The molecule has 3 aromatic rings. The highest BCUT2D eigenvalue weighted by Gasteiger charge is 2.09. The molecule has 0 saturated heterocycles. The average molecular weight is 342 g/mol. The number of carbonyl (C=O) groups is 1. The molecule has 0 aliphatic rings. The molecule has 2 aromatic carbocycles. The third kappa shape index (κ3) is 4.25. The van der Waals surface area contributed by atoms with Gasteiger partial charge in [-0.3, -0.25) is 9.78 Å². The Kier molecular flexibility index (Phi) is 5.25. The van der Waals surface area contributed by atoms with Crippen LogP contribution in [0.5, 0.6) is 0 Å². The van der Waals surface area contributed by atoms with E-state index >= 15 is 0 Å². The second-order valence-electron chi connectivity index (χ2n) is 5.75. The first-order valence-electron chi connectivity index (χ1n) is 8.31. The third-order valence-electron chi connectivity index (χ3n) is 3.89. The number of pyridine rings is 1. The lowest BCUT2D eigenvalue weighted by Gasteiger charge is -2.09. The highest BCUT2D eigenvalue weighted by molar-refractivity contribution is 6.03. The summed E-state index contributed by atoms with van der Waals surface area (Å²) in [4.78, 5) is 16.5. The minimum atomic E-state index is -0.329. The minimum Gasteiger partial charge on any atom is -0.355 e. The van der Waals surface area contributed by atoms with Crippen LogP contribution in [0.4, 0.5) is 17.1 Å². The summed E-state index contributed by atoms with van der Waals surface area (Å²) in [6.07, 6.45) is 2.58. The van der Waals surface area contributed by atoms with Crippen LogP contribution in [0.15, 0.2) is 66.9 Å². The van der Waals surface area contributed by atoms with Gasteiger partial charge in [0.05, 0.1) is 11.6 Å². The maximum absolute atomic E-state index is 12.4. The van der Waals surface area contributed by atoms with Crippen molar-refractivity contribution in [1.29, 1.82) is 5.26 Å². The van der Waals surface area contributed by atoms with Gasteiger partial charge in [-0.15, -0.1) is 0 Å². The van der Waals surface area contributed by atoms with Crippen LogP contribution in [0.1, 0.15) is 28.5 Å². The van der Waals surface area contributed by atoms with Gasteiger partial charge in [-0.05, 0) is 54.4 Å². The van der Waals surface area contributed by atoms with Gasteiger partial charge < -0.3 is 10.6 Å². The van der Waals surface area contributed by atoms with Crippen LogP contribution in [0.25, 0.3) is 0 Å². The van der Waals surface area contributed by atoms with Crippen molar-refractivity contribution in [1.82, 2.24) is 4.98 Å². The van der Waals surface area contributed by atoms with E-state index in [0.29, 0.717) is 16.9 Å². The molecule has 26 heavy (non-hydrogen) atoms. The Balaban J connectivity index is 1.73. The molecule has 5 nitrogen and oxygen atoms in total. The Bertz CT molecular complexity index is 958. The first-order chi connectivity index (χ1) is 12.7. The maximum Gasteiger partial charge on any atom is 0.274 e. The maximum atomic E-state index is 12.4. The van der Waals surface area contributed by atoms with E-state index < -0.39 is 0 Å². The summed E-state index contributed by atoms with van der Waals surface area (Å²) in [6, 6.07) is 20.5. The van der Waals surface area contributed by atoms with Crippen molar-refractivity contribution in [3.8, 4) is 6.07 Å². The summed E-state index contributed by atoms with van der Waals surface area (Å²) in [6.45, 7) is 2.11. The van der Waals surface area contributed by atoms with Crippen molar-refractivity contribution in [2.75, 3.05) is 10.6 Å². The van der Waals surface area contributed by atoms with Crippen LogP contribution < -0.4 is 10.6 Å². The topological polar surface area (TPSA) is 77.8 Å². The molecular weight excluding hydrogens is 324 g/mol. The van der Waals surface area contributed by atoms with Gasteiger partial charge >= 0.3 is 0 Å². The molecule has 0 aliphatic heterocycles. The smallest absolute Gasteiger partial charge is 0.274 e. The van der Waals surface area contributed by atoms with Gasteiger partial charge in [0.15, 0.2) is 0 Å². The summed E-state index contributed by atoms with van der Waals surface area (Å²) < 4.78 is 0. The molecule has 128 valence electrons. The van der Waals surface area contributed by atoms with Crippen molar-refractivity contribution < 1.29 is 4.79 Å². The standard InChI is InChI=1S/C21H18N4O/c1-2-15-6-8-17(9-7-15)24-19-10-11-23-20(13-19)21(26)25-18-5-3-4-16(12-18)14-22/h3-13H,2H2,1H3,(H,23,24)(H,25,26). The molecule has 0 fully saturated rings. The monoisotopic (exact) mass is 342 g/mol. The minimum absolute atomic E-state index is 0.294. The largest absolute Gasteiger partial charge is 0.355 e. The summed E-state index contributed by atoms with van der Waals surface area (Å²) in [5.41, 5.74) is 4.33. The zero-order valence-electron chi connectivity index (χ0n) is 14.4. The van der Waals surface area contributed by atoms with Gasteiger partial charge in [0.25, 0.3) is 5.91 Å². The van der Waals surface area contributed by atoms with Gasteiger partial charge in [-0.2, -0.15) is 5.26 Å². The van der Waals surface area contributed by atoms with Crippen LogP contribution in [0, 0.1) is 11.3 Å². The molecule has 5 heteroatoms. The van der Waals surface area contributed by atoms with Crippen molar-refractivity contribution in [3.05, 3.63) is 83.7 Å². The van der Waals surface area contributed by atoms with Gasteiger partial charge in [0, 0.05) is 23.3 Å². The SMILES string of the molecule is CCc1ccc(Nc2ccnc(C(=O)Nc3cccc(C#N)c3)c2)cc1. The van der Waals surface area contributed by atoms with E-state index in [9.17, 15) is 4.79 Å². The Morgan fingerprint density at radius 1 is 1.04 bits per heavy atom. The van der Waals surface area contributed by atoms with E-state index in [1.165, 1.54) is 5.56 Å². The van der Waals surface area contributed by atoms with Gasteiger partial charge in [0.1, 0.15) is 5.69 Å². The fraction of sp³-hybridized carbons (Fsp3) is 0.0952. The predicted molar refractivity (Wildman–Crippen MR) is 102 cm³/mol. The molecule has 2 N–H and O–H groups in total. The van der Waals surface area contributed by atoms with E-state index in [1.54, 1.807) is 42.6 Å². The number of carbonyl (C=O) groups excluding carboxylic acids is 1. The second-order valence-corrected chi connectivity index (χ2v) is 5.75. The molecule has 0 bridgehead atoms. The number of hydrogen-bond acceptors (Lipinski definition) is 4. The number of amides is 1. The number of rotatable bonds is 5. The Hall–Kier alpha value is -3.65. The normalized spacial score (nSPS) is 10.0. The highest BCUT2D eigenvalue weighted by Crippen LogP contribution is 2.18. The number of aromatic nitrogens is 1. The first-order valence-corrected chi connectivity index (χ1v) is 8.31. The average Bonchev–Trinajstić information content (AvgIpc) is 2.69. The molecule has 1 heterocycles. The number of hydrogen-bond donors (Lipinski definition) is 2. The van der Waals surface area contributed by atoms with Crippen molar-refractivity contribution in [3.63, 3.8) is 0 Å². The molecule has 0 spiro atoms. The van der Waals surface area contributed by atoms with Crippen LogP contribution in [0.2, 0.25) is 0 Å². The van der Waals surface area contributed by atoms with Crippen LogP contribution in [-0.4, -0.2) is 10.9 Å². The molecule has 3 rings (SSSR count). The van der Waals surface area contributed by atoms with Crippen molar-refractivity contribution in [2.24, 2.45) is 0 Å². The number of nitrogens with zero attached hydrogens (tertiary/aromatic N) is 2. The Morgan fingerprint density at radius 2 is 1.85 bits per heavy atom. The van der Waals surface area contributed by atoms with E-state index in [1.807, 2.05) is 18.2 Å². The molecule has 0 atom stereocenters. The van der Waals surface area contributed by atoms with E-state index in [2.05, 4.69) is 34.7 Å². The molecule has 0 unspecified atom stereocenters. The Labute approximate surface area is 152 Å². The summed E-state index contributed by atoms with van der Waals surface area (Å²) in [5.74, 6) is -0.329. The van der Waals surface area contributed by atoms with Crippen molar-refractivity contribution >= 4 is 23.0 Å². The van der Waals surface area contributed by atoms with Crippen LogP contribution in [0.3, 0.4) is 0 Å². The molecule has 0 radical (unpaired) electrons. The van der Waals surface area contributed by atoms with E-state index in [-0.39, 0.29) is 5.91 Å². The van der Waals surface area contributed by atoms with Crippen LogP contribution >= 0.6 is 0 Å². The number of benzene rings is 2. The number of anilines is 3. The predicted octanol–water partition coefficient (Wildman–Crippen LogP) is 4.51.